The number of carbonyl (C=O) groups is 2. The molecule has 0 bridgehead atoms. The summed E-state index contributed by atoms with van der Waals surface area (Å²) in [5, 5.41) is 9.47. The molecule has 3 N–H and O–H groups in total. The average molecular weight is 308 g/mol. The Morgan fingerprint density at radius 1 is 1.22 bits per heavy atom. The van der Waals surface area contributed by atoms with Gasteiger partial charge in [0.25, 0.3) is 5.91 Å². The summed E-state index contributed by atoms with van der Waals surface area (Å²) in [6, 6.07) is 7.25. The number of nitrogens with one attached hydrogen (secondary N) is 1. The summed E-state index contributed by atoms with van der Waals surface area (Å²) in [7, 11) is 0. The van der Waals surface area contributed by atoms with Crippen LogP contribution in [-0.4, -0.2) is 21.7 Å². The van der Waals surface area contributed by atoms with Crippen LogP contribution in [-0.2, 0) is 0 Å². The van der Waals surface area contributed by atoms with E-state index in [1.807, 2.05) is 6.07 Å². The number of nitriles is 1. The lowest BCUT2D eigenvalue weighted by Gasteiger charge is -2.05. The van der Waals surface area contributed by atoms with Crippen molar-refractivity contribution in [3.63, 3.8) is 0 Å². The van der Waals surface area contributed by atoms with Gasteiger partial charge in [-0.2, -0.15) is 5.26 Å². The van der Waals surface area contributed by atoms with E-state index in [0.29, 0.717) is 11.0 Å². The number of nitrogens with zero attached hydrogens (tertiary/aromatic N) is 2. The molecule has 0 radical (unpaired) electrons. The Morgan fingerprint density at radius 3 is 2.65 bits per heavy atom. The molecular weight excluding hydrogens is 299 g/mol. The van der Waals surface area contributed by atoms with E-state index in [-0.39, 0.29) is 22.3 Å². The first kappa shape index (κ1) is 14.4. The first-order valence-electron chi connectivity index (χ1n) is 6.53. The summed E-state index contributed by atoms with van der Waals surface area (Å²) in [5.41, 5.74) is 5.12. The molecule has 2 heterocycles. The third-order valence-electron chi connectivity index (χ3n) is 3.45. The fourth-order valence-corrected chi connectivity index (χ4v) is 2.37. The minimum atomic E-state index is -0.984. The van der Waals surface area contributed by atoms with Gasteiger partial charge in [0, 0.05) is 17.8 Å². The number of aromatic nitrogens is 2. The number of primary amides is 1. The molecule has 0 saturated carbocycles. The number of amides is 1. The summed E-state index contributed by atoms with van der Waals surface area (Å²) in [5.74, 6) is -2.61. The summed E-state index contributed by atoms with van der Waals surface area (Å²) in [4.78, 5) is 30.6. The third kappa shape index (κ3) is 2.22. The van der Waals surface area contributed by atoms with E-state index in [2.05, 4.69) is 9.97 Å². The number of nitrogens with two attached hydrogens (primary N) is 1. The molecule has 112 valence electrons. The van der Waals surface area contributed by atoms with Crippen molar-refractivity contribution in [3.8, 4) is 6.07 Å². The van der Waals surface area contributed by atoms with E-state index in [1.54, 1.807) is 0 Å². The Labute approximate surface area is 129 Å². The smallest absolute Gasteiger partial charge is 0.251 e. The zero-order chi connectivity index (χ0) is 16.6. The molecule has 0 fully saturated rings. The Kier molecular flexibility index (Phi) is 3.35. The highest BCUT2D eigenvalue weighted by Crippen LogP contribution is 2.24. The molecule has 3 rings (SSSR count). The van der Waals surface area contributed by atoms with Crippen LogP contribution in [0.1, 0.15) is 31.8 Å². The Balaban J connectivity index is 2.22. The van der Waals surface area contributed by atoms with Crippen LogP contribution in [0.15, 0.2) is 36.7 Å². The largest absolute Gasteiger partial charge is 0.366 e. The highest BCUT2D eigenvalue weighted by molar-refractivity contribution is 6.17. The second kappa shape index (κ2) is 5.35. The fourth-order valence-electron chi connectivity index (χ4n) is 2.37. The fraction of sp³-hybridized carbons (Fsp3) is 0. The highest BCUT2D eigenvalue weighted by atomic mass is 19.1. The minimum Gasteiger partial charge on any atom is -0.366 e. The van der Waals surface area contributed by atoms with Gasteiger partial charge in [-0.05, 0) is 18.2 Å². The quantitative estimate of drug-likeness (QED) is 0.719. The van der Waals surface area contributed by atoms with Crippen LogP contribution in [0.5, 0.6) is 0 Å². The number of benzene rings is 1. The summed E-state index contributed by atoms with van der Waals surface area (Å²) in [6.45, 7) is 0. The second-order valence-electron chi connectivity index (χ2n) is 4.76. The highest BCUT2D eigenvalue weighted by Gasteiger charge is 2.22. The molecule has 1 amide bonds. The van der Waals surface area contributed by atoms with Crippen molar-refractivity contribution < 1.29 is 14.0 Å². The van der Waals surface area contributed by atoms with Gasteiger partial charge in [-0.15, -0.1) is 0 Å². The Hall–Kier alpha value is -3.53. The van der Waals surface area contributed by atoms with Gasteiger partial charge in [-0.1, -0.05) is 6.07 Å². The normalized spacial score (nSPS) is 10.4. The predicted octanol–water partition coefficient (Wildman–Crippen LogP) is 1.90. The van der Waals surface area contributed by atoms with Crippen LogP contribution >= 0.6 is 0 Å². The SMILES string of the molecule is N#Cc1ccnc2[nH]cc(C(=O)c3cccc(C(N)=O)c3F)c12. The molecular formula is C16H9FN4O2. The van der Waals surface area contributed by atoms with E-state index >= 15 is 0 Å². The van der Waals surface area contributed by atoms with Crippen molar-refractivity contribution in [2.45, 2.75) is 0 Å². The standard InChI is InChI=1S/C16H9FN4O2/c17-13-9(2-1-3-10(13)15(19)23)14(22)11-7-21-16-12(11)8(6-18)4-5-20-16/h1-5,7H,(H2,19,23)(H,20,21). The Bertz CT molecular complexity index is 1000. The molecule has 2 aromatic heterocycles. The first-order chi connectivity index (χ1) is 11.0. The molecule has 0 spiro atoms. The lowest BCUT2D eigenvalue weighted by Crippen LogP contribution is -2.16. The maximum atomic E-state index is 14.3. The number of H-pyrrole nitrogens is 1. The molecule has 0 aliphatic carbocycles. The number of fused-ring (bicyclic) bond motifs is 1. The zero-order valence-corrected chi connectivity index (χ0v) is 11.6. The molecule has 23 heavy (non-hydrogen) atoms. The van der Waals surface area contributed by atoms with Gasteiger partial charge in [0.1, 0.15) is 11.5 Å². The number of ketones is 1. The third-order valence-corrected chi connectivity index (χ3v) is 3.45. The molecule has 0 aliphatic heterocycles. The van der Waals surface area contributed by atoms with E-state index in [4.69, 9.17) is 11.0 Å². The van der Waals surface area contributed by atoms with Gasteiger partial charge in [0.05, 0.1) is 28.3 Å². The van der Waals surface area contributed by atoms with Crippen LogP contribution in [0.4, 0.5) is 4.39 Å². The van der Waals surface area contributed by atoms with Gasteiger partial charge in [-0.3, -0.25) is 9.59 Å². The van der Waals surface area contributed by atoms with Crippen molar-refractivity contribution in [2.75, 3.05) is 0 Å². The number of pyridine rings is 1. The first-order valence-corrected chi connectivity index (χ1v) is 6.53. The predicted molar refractivity (Wildman–Crippen MR) is 79.2 cm³/mol. The van der Waals surface area contributed by atoms with E-state index in [0.717, 1.165) is 0 Å². The number of rotatable bonds is 3. The maximum Gasteiger partial charge on any atom is 0.251 e. The second-order valence-corrected chi connectivity index (χ2v) is 4.76. The van der Waals surface area contributed by atoms with Crippen LogP contribution in [0.25, 0.3) is 11.0 Å². The maximum absolute atomic E-state index is 14.3. The lowest BCUT2D eigenvalue weighted by atomic mass is 9.99. The zero-order valence-electron chi connectivity index (χ0n) is 11.6. The number of hydrogen-bond acceptors (Lipinski definition) is 4. The average Bonchev–Trinajstić information content (AvgIpc) is 2.98. The summed E-state index contributed by atoms with van der Waals surface area (Å²) in [6.07, 6.45) is 2.79. The van der Waals surface area contributed by atoms with Crippen molar-refractivity contribution in [2.24, 2.45) is 5.73 Å². The molecule has 3 aromatic rings. The molecule has 0 aliphatic rings. The number of carbonyl (C=O) groups excluding carboxylic acids is 2. The number of halogens is 1. The van der Waals surface area contributed by atoms with Crippen LogP contribution in [0.2, 0.25) is 0 Å². The van der Waals surface area contributed by atoms with Gasteiger partial charge in [-0.25, -0.2) is 9.37 Å². The lowest BCUT2D eigenvalue weighted by molar-refractivity contribution is 0.0996. The number of hydrogen-bond donors (Lipinski definition) is 2. The van der Waals surface area contributed by atoms with Gasteiger partial charge in [0.15, 0.2) is 5.78 Å². The molecule has 0 unspecified atom stereocenters. The van der Waals surface area contributed by atoms with Gasteiger partial charge >= 0.3 is 0 Å². The molecule has 7 heteroatoms. The summed E-state index contributed by atoms with van der Waals surface area (Å²) < 4.78 is 14.3. The van der Waals surface area contributed by atoms with Crippen LogP contribution < -0.4 is 5.73 Å². The van der Waals surface area contributed by atoms with Crippen molar-refractivity contribution in [1.29, 1.82) is 5.26 Å². The Morgan fingerprint density at radius 2 is 1.96 bits per heavy atom. The summed E-state index contributed by atoms with van der Waals surface area (Å²) >= 11 is 0. The van der Waals surface area contributed by atoms with E-state index in [1.165, 1.54) is 36.7 Å². The van der Waals surface area contributed by atoms with E-state index < -0.39 is 17.5 Å². The molecule has 0 saturated heterocycles. The molecule has 0 atom stereocenters. The van der Waals surface area contributed by atoms with Crippen molar-refractivity contribution in [3.05, 3.63) is 64.7 Å². The van der Waals surface area contributed by atoms with Gasteiger partial charge in [0.2, 0.25) is 0 Å². The molecule has 6 nitrogen and oxygen atoms in total. The number of aromatic amines is 1. The topological polar surface area (TPSA) is 113 Å². The minimum absolute atomic E-state index is 0.102. The van der Waals surface area contributed by atoms with Crippen LogP contribution in [0, 0.1) is 17.1 Å². The van der Waals surface area contributed by atoms with Crippen molar-refractivity contribution in [1.82, 2.24) is 9.97 Å². The molecule has 1 aromatic carbocycles. The van der Waals surface area contributed by atoms with E-state index in [9.17, 15) is 14.0 Å². The monoisotopic (exact) mass is 308 g/mol. The van der Waals surface area contributed by atoms with Gasteiger partial charge < -0.3 is 10.7 Å². The van der Waals surface area contributed by atoms with Crippen molar-refractivity contribution >= 4 is 22.7 Å². The van der Waals surface area contributed by atoms with Crippen LogP contribution in [0.3, 0.4) is 0 Å².